The largest absolute Gasteiger partial charge is 0.384 e. The Balaban J connectivity index is 2.10. The van der Waals surface area contributed by atoms with Gasteiger partial charge >= 0.3 is 0 Å². The smallest absolute Gasteiger partial charge is 0.251 e. The lowest BCUT2D eigenvalue weighted by atomic mass is 9.80. The van der Waals surface area contributed by atoms with Crippen LogP contribution >= 0.6 is 0 Å². The van der Waals surface area contributed by atoms with Gasteiger partial charge in [0.25, 0.3) is 5.91 Å². The average molecular weight is 289 g/mol. The number of hydrogen-bond donors (Lipinski definition) is 2. The summed E-state index contributed by atoms with van der Waals surface area (Å²) in [5.74, 6) is 1.93. The molecule has 0 radical (unpaired) electrons. The van der Waals surface area contributed by atoms with Crippen LogP contribution in [0.2, 0.25) is 0 Å². The van der Waals surface area contributed by atoms with Crippen molar-refractivity contribution in [3.8, 4) is 0 Å². The molecule has 3 atom stereocenters. The summed E-state index contributed by atoms with van der Waals surface area (Å²) in [5.41, 5.74) is 7.31. The van der Waals surface area contributed by atoms with Crippen LogP contribution in [0.25, 0.3) is 0 Å². The van der Waals surface area contributed by atoms with Crippen LogP contribution in [-0.2, 0) is 0 Å². The number of aromatic nitrogens is 1. The molecule has 0 aliphatic heterocycles. The minimum absolute atomic E-state index is 0.0302. The third-order valence-electron chi connectivity index (χ3n) is 4.47. The molecule has 4 nitrogen and oxygen atoms in total. The summed E-state index contributed by atoms with van der Waals surface area (Å²) in [7, 11) is 0. The second kappa shape index (κ2) is 6.46. The molecule has 1 aliphatic rings. The van der Waals surface area contributed by atoms with Crippen LogP contribution in [0.5, 0.6) is 0 Å². The summed E-state index contributed by atoms with van der Waals surface area (Å²) in [6.07, 6.45) is 3.43. The second-order valence-corrected chi connectivity index (χ2v) is 6.84. The highest BCUT2D eigenvalue weighted by Crippen LogP contribution is 2.29. The van der Waals surface area contributed by atoms with Crippen molar-refractivity contribution in [3.05, 3.63) is 23.4 Å². The number of rotatable bonds is 3. The maximum absolute atomic E-state index is 12.5. The molecule has 4 heteroatoms. The van der Waals surface area contributed by atoms with Gasteiger partial charge in [0.15, 0.2) is 0 Å². The lowest BCUT2D eigenvalue weighted by Gasteiger charge is -2.33. The molecule has 3 unspecified atom stereocenters. The number of amides is 1. The highest BCUT2D eigenvalue weighted by atomic mass is 16.1. The normalized spacial score (nSPS) is 25.9. The molecule has 1 aromatic heterocycles. The SMILES string of the molecule is CC1CCC(NC(=O)c2cc(N)nc(C(C)C)c2)C(C)C1. The van der Waals surface area contributed by atoms with Gasteiger partial charge in [-0.05, 0) is 49.1 Å². The molecule has 2 rings (SSSR count). The number of pyridine rings is 1. The first-order chi connectivity index (χ1) is 9.86. The zero-order valence-corrected chi connectivity index (χ0v) is 13.5. The van der Waals surface area contributed by atoms with E-state index in [2.05, 4.69) is 24.1 Å². The van der Waals surface area contributed by atoms with Gasteiger partial charge in [0.05, 0.1) is 0 Å². The number of nitrogens with one attached hydrogen (secondary N) is 1. The quantitative estimate of drug-likeness (QED) is 0.896. The van der Waals surface area contributed by atoms with E-state index < -0.39 is 0 Å². The molecule has 1 aromatic rings. The van der Waals surface area contributed by atoms with E-state index in [1.54, 1.807) is 6.07 Å². The monoisotopic (exact) mass is 289 g/mol. The molecule has 21 heavy (non-hydrogen) atoms. The van der Waals surface area contributed by atoms with Crippen LogP contribution in [-0.4, -0.2) is 16.9 Å². The fraction of sp³-hybridized carbons (Fsp3) is 0.647. The molecule has 0 saturated heterocycles. The third kappa shape index (κ3) is 3.96. The zero-order chi connectivity index (χ0) is 15.6. The van der Waals surface area contributed by atoms with Gasteiger partial charge in [-0.3, -0.25) is 4.79 Å². The van der Waals surface area contributed by atoms with Crippen LogP contribution in [0.4, 0.5) is 5.82 Å². The molecule has 3 N–H and O–H groups in total. The van der Waals surface area contributed by atoms with Crippen LogP contribution in [0, 0.1) is 11.8 Å². The molecular weight excluding hydrogens is 262 g/mol. The van der Waals surface area contributed by atoms with Crippen molar-refractivity contribution in [2.45, 2.75) is 58.9 Å². The Labute approximate surface area is 127 Å². The van der Waals surface area contributed by atoms with Gasteiger partial charge in [-0.1, -0.05) is 27.7 Å². The summed E-state index contributed by atoms with van der Waals surface area (Å²) >= 11 is 0. The van der Waals surface area contributed by atoms with E-state index in [-0.39, 0.29) is 17.9 Å². The Morgan fingerprint density at radius 1 is 1.33 bits per heavy atom. The summed E-state index contributed by atoms with van der Waals surface area (Å²) in [6.45, 7) is 8.61. The van der Waals surface area contributed by atoms with Crippen LogP contribution in [0.3, 0.4) is 0 Å². The van der Waals surface area contributed by atoms with Crippen molar-refractivity contribution in [1.82, 2.24) is 10.3 Å². The third-order valence-corrected chi connectivity index (χ3v) is 4.47. The van der Waals surface area contributed by atoms with Crippen molar-refractivity contribution in [2.75, 3.05) is 5.73 Å². The number of anilines is 1. The fourth-order valence-corrected chi connectivity index (χ4v) is 3.13. The molecule has 0 spiro atoms. The van der Waals surface area contributed by atoms with Crippen molar-refractivity contribution < 1.29 is 4.79 Å². The van der Waals surface area contributed by atoms with Crippen molar-refractivity contribution in [3.63, 3.8) is 0 Å². The van der Waals surface area contributed by atoms with Gasteiger partial charge in [-0.2, -0.15) is 0 Å². The van der Waals surface area contributed by atoms with E-state index in [1.165, 1.54) is 12.8 Å². The number of hydrogen-bond acceptors (Lipinski definition) is 3. The number of carbonyl (C=O) groups is 1. The Kier molecular flexibility index (Phi) is 4.86. The molecule has 0 bridgehead atoms. The zero-order valence-electron chi connectivity index (χ0n) is 13.5. The van der Waals surface area contributed by atoms with Crippen LogP contribution < -0.4 is 11.1 Å². The van der Waals surface area contributed by atoms with Gasteiger partial charge in [0.2, 0.25) is 0 Å². The fourth-order valence-electron chi connectivity index (χ4n) is 3.13. The Hall–Kier alpha value is -1.58. The molecule has 1 heterocycles. The molecule has 0 aromatic carbocycles. The van der Waals surface area contributed by atoms with Gasteiger partial charge < -0.3 is 11.1 Å². The Morgan fingerprint density at radius 3 is 2.67 bits per heavy atom. The van der Waals surface area contributed by atoms with Gasteiger partial charge in [-0.15, -0.1) is 0 Å². The van der Waals surface area contributed by atoms with E-state index in [1.807, 2.05) is 19.9 Å². The van der Waals surface area contributed by atoms with Gasteiger partial charge in [-0.25, -0.2) is 4.98 Å². The molecular formula is C17H27N3O. The van der Waals surface area contributed by atoms with Crippen molar-refractivity contribution in [2.24, 2.45) is 11.8 Å². The Morgan fingerprint density at radius 2 is 2.05 bits per heavy atom. The maximum atomic E-state index is 12.5. The first-order valence-electron chi connectivity index (χ1n) is 7.95. The van der Waals surface area contributed by atoms with Gasteiger partial charge in [0, 0.05) is 17.3 Å². The molecule has 1 saturated carbocycles. The number of carbonyl (C=O) groups excluding carboxylic acids is 1. The van der Waals surface area contributed by atoms with Crippen LogP contribution in [0.15, 0.2) is 12.1 Å². The summed E-state index contributed by atoms with van der Waals surface area (Å²) < 4.78 is 0. The highest BCUT2D eigenvalue weighted by molar-refractivity contribution is 5.95. The number of nitrogens with zero attached hydrogens (tertiary/aromatic N) is 1. The highest BCUT2D eigenvalue weighted by Gasteiger charge is 2.27. The van der Waals surface area contributed by atoms with Crippen molar-refractivity contribution in [1.29, 1.82) is 0 Å². The molecule has 1 amide bonds. The summed E-state index contributed by atoms with van der Waals surface area (Å²) in [6, 6.07) is 3.79. The topological polar surface area (TPSA) is 68.0 Å². The standard InChI is InChI=1S/C17H27N3O/c1-10(2)15-8-13(9-16(18)19-15)17(21)20-14-6-5-11(3)7-12(14)4/h8-12,14H,5-7H2,1-4H3,(H2,18,19)(H,20,21). The maximum Gasteiger partial charge on any atom is 0.251 e. The van der Waals surface area contributed by atoms with E-state index in [0.717, 1.165) is 18.0 Å². The molecule has 1 aliphatic carbocycles. The Bertz CT molecular complexity index is 513. The van der Waals surface area contributed by atoms with Gasteiger partial charge in [0.1, 0.15) is 5.82 Å². The van der Waals surface area contributed by atoms with Crippen LogP contribution in [0.1, 0.15) is 68.9 Å². The summed E-state index contributed by atoms with van der Waals surface area (Å²) in [5, 5.41) is 3.18. The first-order valence-corrected chi connectivity index (χ1v) is 7.95. The van der Waals surface area contributed by atoms with E-state index in [9.17, 15) is 4.79 Å². The minimum Gasteiger partial charge on any atom is -0.384 e. The lowest BCUT2D eigenvalue weighted by Crippen LogP contribution is -2.42. The predicted octanol–water partition coefficient (Wildman–Crippen LogP) is 3.34. The molecule has 1 fully saturated rings. The average Bonchev–Trinajstić information content (AvgIpc) is 2.41. The minimum atomic E-state index is -0.0302. The number of nitrogens with two attached hydrogens (primary N) is 1. The molecule has 116 valence electrons. The lowest BCUT2D eigenvalue weighted by molar-refractivity contribution is 0.0899. The number of nitrogen functional groups attached to an aromatic ring is 1. The van der Waals surface area contributed by atoms with Crippen molar-refractivity contribution >= 4 is 11.7 Å². The van der Waals surface area contributed by atoms with E-state index in [4.69, 9.17) is 5.73 Å². The predicted molar refractivity (Wildman–Crippen MR) is 86.2 cm³/mol. The summed E-state index contributed by atoms with van der Waals surface area (Å²) in [4.78, 5) is 16.8. The second-order valence-electron chi connectivity index (χ2n) is 6.84. The van der Waals surface area contributed by atoms with E-state index >= 15 is 0 Å². The first kappa shape index (κ1) is 15.8. The van der Waals surface area contributed by atoms with E-state index in [0.29, 0.717) is 17.3 Å².